The van der Waals surface area contributed by atoms with Crippen LogP contribution in [-0.2, 0) is 13.1 Å². The average molecular weight is 1700 g/mol. The number of anilines is 4. The molecule has 30 nitrogen and oxygen atoms in total. The second-order valence-electron chi connectivity index (χ2n) is 28.3. The van der Waals surface area contributed by atoms with Crippen LogP contribution in [0, 0.1) is 0 Å². The zero-order valence-electron chi connectivity index (χ0n) is 63.9. The molecule has 12 aromatic rings. The van der Waals surface area contributed by atoms with E-state index in [-0.39, 0.29) is 82.3 Å². The van der Waals surface area contributed by atoms with E-state index in [2.05, 4.69) is 35.6 Å². The van der Waals surface area contributed by atoms with Gasteiger partial charge in [0.05, 0.1) is 17.4 Å². The molecule has 4 aliphatic heterocycles. The largest absolute Gasteiger partial charge is 0.508 e. The number of rotatable bonds is 22. The smallest absolute Gasteiger partial charge is 0.336 e. The van der Waals surface area contributed by atoms with E-state index in [0.29, 0.717) is 177 Å². The van der Waals surface area contributed by atoms with Crippen molar-refractivity contribution in [1.29, 1.82) is 0 Å². The number of aromatic hydroxyl groups is 2. The second-order valence-corrected chi connectivity index (χ2v) is 32.0. The number of carboxylic acids is 2. The highest BCUT2D eigenvalue weighted by atomic mass is 32.2. The normalized spacial score (nSPS) is 12.2. The van der Waals surface area contributed by atoms with Gasteiger partial charge in [0.25, 0.3) is 0 Å². The summed E-state index contributed by atoms with van der Waals surface area (Å²) in [5.41, 5.74) is 20.5. The molecule has 0 radical (unpaired) electrons. The Hall–Kier alpha value is -13.9. The number of aromatic carboxylic acids is 2. The van der Waals surface area contributed by atoms with Crippen LogP contribution in [0.2, 0.25) is 0 Å². The van der Waals surface area contributed by atoms with Gasteiger partial charge in [0.15, 0.2) is 88.4 Å². The summed E-state index contributed by atoms with van der Waals surface area (Å²) in [4.78, 5) is 87.8. The maximum Gasteiger partial charge on any atom is 0.336 e. The highest BCUT2D eigenvalue weighted by Gasteiger charge is 2.30. The first-order valence-electron chi connectivity index (χ1n) is 37.4. The lowest BCUT2D eigenvalue weighted by molar-refractivity contribution is 0.0687. The number of nitrogens with one attached hydrogen (secondary N) is 2. The maximum atomic E-state index is 12.9. The van der Waals surface area contributed by atoms with E-state index in [4.69, 9.17) is 78.1 Å². The molecule has 18 rings (SSSR count). The number of phenols is 2. The Morgan fingerprint density at radius 1 is 0.542 bits per heavy atom. The fourth-order valence-corrected chi connectivity index (χ4v) is 18.2. The fourth-order valence-electron chi connectivity index (χ4n) is 14.5. The van der Waals surface area contributed by atoms with Gasteiger partial charge in [-0.15, -0.1) is 11.3 Å². The third kappa shape index (κ3) is 15.6. The monoisotopic (exact) mass is 1700 g/mol. The van der Waals surface area contributed by atoms with Gasteiger partial charge in [0.2, 0.25) is 13.6 Å². The molecule has 0 bridgehead atoms. The van der Waals surface area contributed by atoms with Gasteiger partial charge in [-0.1, -0.05) is 35.7 Å². The number of benzene rings is 8. The zero-order valence-corrected chi connectivity index (χ0v) is 68.0. The Morgan fingerprint density at radius 2 is 1.00 bits per heavy atom. The van der Waals surface area contributed by atoms with E-state index >= 15 is 0 Å². The number of ether oxygens (including phenoxy) is 4. The quantitative estimate of drug-likeness (QED) is 0.0231. The Kier molecular flexibility index (Phi) is 21.6. The first-order chi connectivity index (χ1) is 58.0. The number of nitrogen functional groups attached to an aromatic ring is 2. The van der Waals surface area contributed by atoms with Crippen LogP contribution in [0.3, 0.4) is 0 Å². The number of imidazole rings is 2. The third-order valence-electron chi connectivity index (χ3n) is 20.1. The first kappa shape index (κ1) is 78.6. The van der Waals surface area contributed by atoms with Crippen LogP contribution >= 0.6 is 59.3 Å². The molecular weight excluding hydrogens is 1630 g/mol. The number of phenolic OH excluding ortho intramolecular Hbond substituents is 2. The number of thiocarbonyl (C=S) groups is 2. The van der Waals surface area contributed by atoms with Gasteiger partial charge in [0.1, 0.15) is 57.6 Å². The molecule has 120 heavy (non-hydrogen) atoms. The van der Waals surface area contributed by atoms with Crippen molar-refractivity contribution in [2.24, 2.45) is 0 Å². The number of nitrogens with two attached hydrogens (primary N) is 2. The van der Waals surface area contributed by atoms with Gasteiger partial charge in [-0.2, -0.15) is 0 Å². The van der Waals surface area contributed by atoms with Crippen LogP contribution in [0.5, 0.6) is 34.5 Å². The van der Waals surface area contributed by atoms with Crippen molar-refractivity contribution in [3.8, 4) is 101 Å². The molecule has 0 amide bonds. The first-order valence-corrected chi connectivity index (χ1v) is 40.8. The van der Waals surface area contributed by atoms with Gasteiger partial charge in [-0.05, 0) is 185 Å². The van der Waals surface area contributed by atoms with E-state index < -0.39 is 11.9 Å². The maximum absolute atomic E-state index is 12.9. The molecule has 10 N–H and O–H groups in total. The van der Waals surface area contributed by atoms with Crippen molar-refractivity contribution < 1.29 is 62.2 Å². The number of carboxylic acid groups (broad SMARTS) is 2. The lowest BCUT2D eigenvalue weighted by Crippen LogP contribution is -2.40. The molecule has 0 unspecified atom stereocenters. The van der Waals surface area contributed by atoms with Crippen molar-refractivity contribution in [2.75, 3.05) is 48.8 Å². The van der Waals surface area contributed by atoms with Crippen LogP contribution < -0.4 is 51.9 Å². The number of thiazole rings is 1. The van der Waals surface area contributed by atoms with E-state index in [1.165, 1.54) is 108 Å². The lowest BCUT2D eigenvalue weighted by Gasteiger charge is -2.30. The number of fused-ring (bicyclic) bond motifs is 8. The van der Waals surface area contributed by atoms with Crippen molar-refractivity contribution in [2.45, 2.75) is 85.8 Å². The minimum Gasteiger partial charge on any atom is -0.508 e. The highest BCUT2D eigenvalue weighted by Crippen LogP contribution is 2.50. The predicted molar refractivity (Wildman–Crippen MR) is 463 cm³/mol. The number of nitrogens with zero attached hydrogens (tertiary/aromatic N) is 11. The zero-order chi connectivity index (χ0) is 83.3. The van der Waals surface area contributed by atoms with E-state index in [0.717, 1.165) is 25.9 Å². The summed E-state index contributed by atoms with van der Waals surface area (Å²) in [6.45, 7) is 10.4. The summed E-state index contributed by atoms with van der Waals surface area (Å²) in [5, 5.41) is 53.9. The van der Waals surface area contributed by atoms with Crippen molar-refractivity contribution in [3.05, 3.63) is 208 Å². The second kappa shape index (κ2) is 32.9. The van der Waals surface area contributed by atoms with Crippen molar-refractivity contribution in [3.63, 3.8) is 0 Å². The van der Waals surface area contributed by atoms with Crippen LogP contribution in [0.1, 0.15) is 61.3 Å². The molecule has 0 spiro atoms. The van der Waals surface area contributed by atoms with Gasteiger partial charge in [0, 0.05) is 139 Å². The van der Waals surface area contributed by atoms with E-state index in [1.807, 2.05) is 88.4 Å². The molecule has 0 atom stereocenters. The molecular formula is C85H69N15O15S5. The summed E-state index contributed by atoms with van der Waals surface area (Å²) < 4.78 is 44.5. The summed E-state index contributed by atoms with van der Waals surface area (Å²) >= 11 is 16.3. The molecule has 2 aliphatic carbocycles. The molecule has 10 heterocycles. The topological polar surface area (TPSA) is 408 Å². The lowest BCUT2D eigenvalue weighted by atomic mass is 9.90. The standard InChI is InChI=1S/C43H35N7O8S2.C42H34N8O7S3/c1-22(2)49(42(59)47-23-6-9-26(29(15-23)41(53)54)37-27-10-7-24(51)16-32(27)58-33-17-25(52)8-11-28(33)37)12-4-13-50-40-38(39(44)45-20-46-40)48-43(50)60-36-19-35-34(56-21-57-35)18-30(36)31-5-3-14-55-31;1-21(2)49(41(58)47-22-4-7-25(28(14-22)40(53)54)35-26-8-5-23(51)15-30(26)57-31-16-24(52)6-9-27(31)35)11-3-12-50-38-36(37(43)45-19-46-38)48-42(50)60-34-18-33-32(55-20-56-33)17-29(34)39-44-10-13-59-39/h3,5-11,14-20,22,51H,4,12-13,21H2,1-2H3,(H,47,59)(H,53,54)(H2,44,45,46);4-10,13-19,21,51H,3,11-12,20H2,1-2H3,(H,47,58)(H,53,54)(H2,43,45,46). The molecule has 0 saturated carbocycles. The molecule has 6 aromatic heterocycles. The molecule has 604 valence electrons. The van der Waals surface area contributed by atoms with Crippen LogP contribution in [-0.4, -0.2) is 135 Å². The molecule has 35 heteroatoms. The van der Waals surface area contributed by atoms with Gasteiger partial charge >= 0.3 is 11.9 Å². The number of carbonyl (C=O) groups is 2. The number of aromatic nitrogens is 9. The van der Waals surface area contributed by atoms with Crippen LogP contribution in [0.25, 0.3) is 111 Å². The highest BCUT2D eigenvalue weighted by molar-refractivity contribution is 7.99. The molecule has 0 saturated heterocycles. The molecule has 6 aromatic carbocycles. The summed E-state index contributed by atoms with van der Waals surface area (Å²) in [7, 11) is 0. The summed E-state index contributed by atoms with van der Waals surface area (Å²) in [6, 6.07) is 39.2. The van der Waals surface area contributed by atoms with E-state index in [9.17, 15) is 39.6 Å². The van der Waals surface area contributed by atoms with Gasteiger partial charge in [-0.25, -0.2) is 44.5 Å². The fraction of sp³-hybridized carbons (Fsp3) is 0.165. The summed E-state index contributed by atoms with van der Waals surface area (Å²) in [6.07, 6.45) is 7.46. The predicted octanol–water partition coefficient (Wildman–Crippen LogP) is 16.5. The third-order valence-corrected chi connectivity index (χ3v) is 23.7. The van der Waals surface area contributed by atoms with Gasteiger partial charge in [-0.3, -0.25) is 9.59 Å². The van der Waals surface area contributed by atoms with Crippen LogP contribution in [0.15, 0.2) is 219 Å². The number of hydrogen-bond acceptors (Lipinski definition) is 27. The Labute approximate surface area is 703 Å². The molecule has 6 aliphatic rings. The van der Waals surface area contributed by atoms with Gasteiger partial charge < -0.3 is 93.7 Å². The SMILES string of the molecule is CC(C)N(CCCn1c(Sc2cc3c(cc2-c2ccco2)OCO3)nc2c(N)ncnc21)C(=S)Nc1ccc(-c2c3ccc(=O)cc-3oc3cc(O)ccc23)c(C(=O)O)c1.CC(C)N(CCCn1c(Sc2cc3c(cc2-c2nccs2)OCO3)nc2c(N)ncnc21)C(=S)Nc1ccc(-c2c3ccc(=O)cc-3oc3cc(O)ccc23)c(C(=O)O)c1. The summed E-state index contributed by atoms with van der Waals surface area (Å²) in [5.74, 6) is 1.86. The van der Waals surface area contributed by atoms with Crippen LogP contribution in [0.4, 0.5) is 23.0 Å². The Bertz CT molecular complexity index is 6410. The Morgan fingerprint density at radius 3 is 1.44 bits per heavy atom. The number of furan rings is 1. The number of hydrogen-bond donors (Lipinski definition) is 8. The van der Waals surface area contributed by atoms with Crippen molar-refractivity contribution >= 4 is 149 Å². The van der Waals surface area contributed by atoms with E-state index in [1.54, 1.807) is 61.0 Å². The average Bonchev–Trinajstić information content (AvgIpc) is 1.15. The Balaban J connectivity index is 0.000000171. The minimum atomic E-state index is -1.16. The molecule has 0 fully saturated rings. The number of aryl methyl sites for hydroxylation is 2. The van der Waals surface area contributed by atoms with Crippen molar-refractivity contribution in [1.82, 2.24) is 53.8 Å². The minimum absolute atomic E-state index is 0.00270.